The van der Waals surface area contributed by atoms with Gasteiger partial charge in [-0.3, -0.25) is 0 Å². The number of thiophene rings is 1. The van der Waals surface area contributed by atoms with Gasteiger partial charge in [0.25, 0.3) is 0 Å². The summed E-state index contributed by atoms with van der Waals surface area (Å²) >= 11 is 8.57. The van der Waals surface area contributed by atoms with Crippen LogP contribution in [0.5, 0.6) is 0 Å². The van der Waals surface area contributed by atoms with E-state index in [1.54, 1.807) is 11.3 Å². The van der Waals surface area contributed by atoms with Crippen molar-refractivity contribution in [2.45, 2.75) is 0 Å². The molecular weight excluding hydrogens is 366 g/mol. The molecular formula is C11H7Br2N3S. The largest absolute Gasteiger partial charge is 0.397 e. The summed E-state index contributed by atoms with van der Waals surface area (Å²) in [4.78, 5) is 8.86. The Balaban J connectivity index is 2.21. The van der Waals surface area contributed by atoms with Crippen molar-refractivity contribution in [2.24, 2.45) is 0 Å². The highest BCUT2D eigenvalue weighted by atomic mass is 79.9. The number of rotatable bonds is 1. The van der Waals surface area contributed by atoms with Crippen LogP contribution in [0.4, 0.5) is 5.69 Å². The molecule has 0 fully saturated rings. The van der Waals surface area contributed by atoms with Gasteiger partial charge in [0.1, 0.15) is 11.3 Å². The van der Waals surface area contributed by atoms with Gasteiger partial charge in [0.05, 0.1) is 19.9 Å². The minimum Gasteiger partial charge on any atom is -0.397 e. The molecule has 1 aromatic carbocycles. The summed E-state index contributed by atoms with van der Waals surface area (Å²) < 4.78 is 2.09. The van der Waals surface area contributed by atoms with Crippen molar-refractivity contribution in [3.05, 3.63) is 32.5 Å². The lowest BCUT2D eigenvalue weighted by Gasteiger charge is -1.90. The summed E-state index contributed by atoms with van der Waals surface area (Å²) in [6.07, 6.45) is 0. The summed E-state index contributed by atoms with van der Waals surface area (Å²) in [7, 11) is 0. The van der Waals surface area contributed by atoms with Crippen LogP contribution in [0.2, 0.25) is 0 Å². The molecule has 0 amide bonds. The molecule has 3 N–H and O–H groups in total. The SMILES string of the molecule is Nc1cccc2[nH]c(-c3cc(Br)c(Br)s3)nc12. The number of benzene rings is 1. The lowest BCUT2D eigenvalue weighted by Crippen LogP contribution is -1.84. The van der Waals surface area contributed by atoms with Crippen LogP contribution in [0.3, 0.4) is 0 Å². The molecule has 3 aromatic rings. The zero-order valence-electron chi connectivity index (χ0n) is 8.50. The molecule has 0 aliphatic carbocycles. The first kappa shape index (κ1) is 11.3. The van der Waals surface area contributed by atoms with E-state index in [1.165, 1.54) is 0 Å². The molecule has 0 radical (unpaired) electrons. The maximum atomic E-state index is 5.89. The van der Waals surface area contributed by atoms with E-state index < -0.39 is 0 Å². The first-order valence-electron chi connectivity index (χ1n) is 4.84. The zero-order valence-corrected chi connectivity index (χ0v) is 12.5. The van der Waals surface area contributed by atoms with Crippen LogP contribution in [-0.4, -0.2) is 9.97 Å². The minimum absolute atomic E-state index is 0.694. The van der Waals surface area contributed by atoms with Crippen LogP contribution < -0.4 is 5.73 Å². The number of nitrogens with two attached hydrogens (primary N) is 1. The highest BCUT2D eigenvalue weighted by Crippen LogP contribution is 2.37. The Morgan fingerprint density at radius 1 is 1.29 bits per heavy atom. The molecule has 0 saturated heterocycles. The summed E-state index contributed by atoms with van der Waals surface area (Å²) in [6, 6.07) is 7.77. The Kier molecular flexibility index (Phi) is 2.72. The van der Waals surface area contributed by atoms with Crippen LogP contribution >= 0.6 is 43.2 Å². The van der Waals surface area contributed by atoms with E-state index in [2.05, 4.69) is 41.8 Å². The third-order valence-electron chi connectivity index (χ3n) is 2.42. The van der Waals surface area contributed by atoms with Crippen molar-refractivity contribution in [2.75, 3.05) is 5.73 Å². The molecule has 0 atom stereocenters. The molecule has 17 heavy (non-hydrogen) atoms. The zero-order chi connectivity index (χ0) is 12.0. The highest BCUT2D eigenvalue weighted by Gasteiger charge is 2.11. The fraction of sp³-hybridized carbons (Fsp3) is 0. The average Bonchev–Trinajstić information content (AvgIpc) is 2.85. The van der Waals surface area contributed by atoms with Crippen molar-refractivity contribution in [3.8, 4) is 10.7 Å². The van der Waals surface area contributed by atoms with Gasteiger partial charge in [-0.2, -0.15) is 0 Å². The molecule has 0 saturated carbocycles. The number of nitrogens with zero attached hydrogens (tertiary/aromatic N) is 1. The summed E-state index contributed by atoms with van der Waals surface area (Å²) in [5, 5.41) is 0. The Morgan fingerprint density at radius 2 is 2.12 bits per heavy atom. The number of hydrogen-bond acceptors (Lipinski definition) is 3. The van der Waals surface area contributed by atoms with Gasteiger partial charge in [-0.05, 0) is 50.1 Å². The van der Waals surface area contributed by atoms with Crippen LogP contribution in [0.25, 0.3) is 21.7 Å². The normalized spacial score (nSPS) is 11.2. The first-order chi connectivity index (χ1) is 8.15. The summed E-state index contributed by atoms with van der Waals surface area (Å²) in [6.45, 7) is 0. The van der Waals surface area contributed by atoms with Crippen molar-refractivity contribution in [1.29, 1.82) is 0 Å². The van der Waals surface area contributed by atoms with Gasteiger partial charge < -0.3 is 10.7 Å². The third-order valence-corrected chi connectivity index (χ3v) is 5.69. The van der Waals surface area contributed by atoms with Gasteiger partial charge in [-0.15, -0.1) is 11.3 Å². The molecule has 86 valence electrons. The van der Waals surface area contributed by atoms with Crippen molar-refractivity contribution >= 4 is 59.9 Å². The Hall–Kier alpha value is -0.850. The number of imidazole rings is 1. The number of aromatic amines is 1. The number of nitrogens with one attached hydrogen (secondary N) is 1. The van der Waals surface area contributed by atoms with Gasteiger partial charge in [0.15, 0.2) is 0 Å². The van der Waals surface area contributed by atoms with Gasteiger partial charge in [0.2, 0.25) is 0 Å². The van der Waals surface area contributed by atoms with Gasteiger partial charge in [-0.1, -0.05) is 6.07 Å². The van der Waals surface area contributed by atoms with Crippen molar-refractivity contribution in [1.82, 2.24) is 9.97 Å². The molecule has 0 aliphatic heterocycles. The second-order valence-corrected chi connectivity index (χ2v) is 6.79. The van der Waals surface area contributed by atoms with E-state index in [0.29, 0.717) is 5.69 Å². The predicted octanol–water partition coefficient (Wildman–Crippen LogP) is 4.40. The molecule has 0 spiro atoms. The third kappa shape index (κ3) is 1.90. The molecule has 2 aromatic heterocycles. The fourth-order valence-corrected chi connectivity index (χ4v) is 3.61. The van der Waals surface area contributed by atoms with Crippen molar-refractivity contribution < 1.29 is 0 Å². The van der Waals surface area contributed by atoms with Crippen LogP contribution in [0, 0.1) is 0 Å². The molecule has 0 aliphatic rings. The Morgan fingerprint density at radius 3 is 2.76 bits per heavy atom. The number of fused-ring (bicyclic) bond motifs is 1. The number of anilines is 1. The number of halogens is 2. The van der Waals surface area contributed by atoms with Gasteiger partial charge in [-0.25, -0.2) is 4.98 Å². The van der Waals surface area contributed by atoms with Crippen molar-refractivity contribution in [3.63, 3.8) is 0 Å². The van der Waals surface area contributed by atoms with E-state index in [9.17, 15) is 0 Å². The topological polar surface area (TPSA) is 54.7 Å². The van der Waals surface area contributed by atoms with Gasteiger partial charge in [0, 0.05) is 4.47 Å². The monoisotopic (exact) mass is 371 g/mol. The van der Waals surface area contributed by atoms with Gasteiger partial charge >= 0.3 is 0 Å². The standard InChI is InChI=1S/C11H7Br2N3S/c12-5-4-8(17-10(5)13)11-15-7-3-1-2-6(14)9(7)16-11/h1-4H,14H2,(H,15,16). The smallest absolute Gasteiger partial charge is 0.148 e. The Bertz CT molecular complexity index is 682. The predicted molar refractivity (Wildman–Crippen MR) is 79.2 cm³/mol. The number of H-pyrrole nitrogens is 1. The molecule has 3 rings (SSSR count). The minimum atomic E-state index is 0.694. The van der Waals surface area contributed by atoms with Crippen LogP contribution in [-0.2, 0) is 0 Å². The quantitative estimate of drug-likeness (QED) is 0.622. The Labute approximate surface area is 118 Å². The van der Waals surface area contributed by atoms with E-state index in [-0.39, 0.29) is 0 Å². The highest BCUT2D eigenvalue weighted by molar-refractivity contribution is 9.13. The molecule has 0 unspecified atom stereocenters. The van der Waals surface area contributed by atoms with E-state index in [1.807, 2.05) is 24.3 Å². The number of nitrogen functional groups attached to an aromatic ring is 1. The second kappa shape index (κ2) is 4.12. The lowest BCUT2D eigenvalue weighted by atomic mass is 10.3. The van der Waals surface area contributed by atoms with Crippen LogP contribution in [0.15, 0.2) is 32.5 Å². The molecule has 2 heterocycles. The first-order valence-corrected chi connectivity index (χ1v) is 7.25. The van der Waals surface area contributed by atoms with E-state index in [4.69, 9.17) is 5.73 Å². The number of hydrogen-bond donors (Lipinski definition) is 2. The molecule has 0 bridgehead atoms. The maximum Gasteiger partial charge on any atom is 0.148 e. The average molecular weight is 373 g/mol. The van der Waals surface area contributed by atoms with Crippen LogP contribution in [0.1, 0.15) is 0 Å². The molecule has 6 heteroatoms. The van der Waals surface area contributed by atoms with E-state index in [0.717, 1.165) is 30.0 Å². The summed E-state index contributed by atoms with van der Waals surface area (Å²) in [5.74, 6) is 0.842. The molecule has 3 nitrogen and oxygen atoms in total. The number of para-hydroxylation sites is 1. The lowest BCUT2D eigenvalue weighted by molar-refractivity contribution is 1.36. The van der Waals surface area contributed by atoms with E-state index >= 15 is 0 Å². The number of aromatic nitrogens is 2. The maximum absolute atomic E-state index is 5.89. The summed E-state index contributed by atoms with van der Waals surface area (Å²) in [5.41, 5.74) is 8.36. The fourth-order valence-electron chi connectivity index (χ4n) is 1.63. The second-order valence-electron chi connectivity index (χ2n) is 3.56.